The summed E-state index contributed by atoms with van der Waals surface area (Å²) in [6.07, 6.45) is 3.89. The zero-order chi connectivity index (χ0) is 17.7. The number of nitrogens with zero attached hydrogens (tertiary/aromatic N) is 2. The summed E-state index contributed by atoms with van der Waals surface area (Å²) in [7, 11) is 0. The van der Waals surface area contributed by atoms with Gasteiger partial charge in [0.2, 0.25) is 0 Å². The lowest BCUT2D eigenvalue weighted by Crippen LogP contribution is -2.48. The van der Waals surface area contributed by atoms with Crippen molar-refractivity contribution < 1.29 is 14.3 Å². The zero-order valence-electron chi connectivity index (χ0n) is 13.2. The van der Waals surface area contributed by atoms with Crippen molar-refractivity contribution in [3.63, 3.8) is 0 Å². The number of amides is 2. The van der Waals surface area contributed by atoms with Crippen LogP contribution >= 0.6 is 11.6 Å². The van der Waals surface area contributed by atoms with Crippen LogP contribution in [0.25, 0.3) is 0 Å². The van der Waals surface area contributed by atoms with E-state index in [-0.39, 0.29) is 29.6 Å². The highest BCUT2D eigenvalue weighted by Crippen LogP contribution is 2.06. The van der Waals surface area contributed by atoms with E-state index in [4.69, 9.17) is 11.6 Å². The summed E-state index contributed by atoms with van der Waals surface area (Å²) in [6, 6.07) is 5.30. The first-order valence-corrected chi connectivity index (χ1v) is 7.66. The molecular formula is C16H17ClN4O3. The Kier molecular flexibility index (Phi) is 5.70. The second-order valence-corrected chi connectivity index (χ2v) is 5.77. The summed E-state index contributed by atoms with van der Waals surface area (Å²) in [5.41, 5.74) is 0.611. The summed E-state index contributed by atoms with van der Waals surface area (Å²) in [5.74, 6) is -0.679. The van der Waals surface area contributed by atoms with Crippen LogP contribution in [0.5, 0.6) is 0 Å². The highest BCUT2D eigenvalue weighted by Gasteiger charge is 2.19. The molecule has 2 N–H and O–H groups in total. The predicted molar refractivity (Wildman–Crippen MR) is 88.5 cm³/mol. The standard InChI is InChI=1S/C16H17ClN4O3/c1-10(19-15(22)12-5-7-21(24)8-6-12)11(2)20-16(23)14-4-3-13(17)9-18-14/h3-11H,1-2H3,(H,19,22)(H,20,23). The third kappa shape index (κ3) is 4.66. The first kappa shape index (κ1) is 17.7. The molecule has 8 heteroatoms. The van der Waals surface area contributed by atoms with E-state index in [0.29, 0.717) is 15.3 Å². The number of hydrogen-bond donors (Lipinski definition) is 2. The summed E-state index contributed by atoms with van der Waals surface area (Å²) >= 11 is 5.74. The molecular weight excluding hydrogens is 332 g/mol. The molecule has 0 bridgehead atoms. The van der Waals surface area contributed by atoms with Crippen LogP contribution in [0.15, 0.2) is 42.9 Å². The molecule has 0 radical (unpaired) electrons. The van der Waals surface area contributed by atoms with Gasteiger partial charge in [0, 0.05) is 30.4 Å². The number of rotatable bonds is 5. The van der Waals surface area contributed by atoms with Crippen LogP contribution in [0.2, 0.25) is 5.02 Å². The molecule has 0 saturated heterocycles. The van der Waals surface area contributed by atoms with Crippen LogP contribution in [0.4, 0.5) is 0 Å². The van der Waals surface area contributed by atoms with E-state index in [2.05, 4.69) is 15.6 Å². The Hall–Kier alpha value is -2.67. The van der Waals surface area contributed by atoms with Crippen molar-refractivity contribution in [2.45, 2.75) is 25.9 Å². The van der Waals surface area contributed by atoms with Gasteiger partial charge in [0.15, 0.2) is 12.4 Å². The molecule has 2 aromatic rings. The highest BCUT2D eigenvalue weighted by molar-refractivity contribution is 6.30. The first-order valence-electron chi connectivity index (χ1n) is 7.29. The Morgan fingerprint density at radius 3 is 2.21 bits per heavy atom. The van der Waals surface area contributed by atoms with E-state index in [1.807, 2.05) is 0 Å². The summed E-state index contributed by atoms with van der Waals surface area (Å²) < 4.78 is 0.599. The fraction of sp³-hybridized carbons (Fsp3) is 0.250. The van der Waals surface area contributed by atoms with Crippen molar-refractivity contribution in [2.75, 3.05) is 0 Å². The second kappa shape index (κ2) is 7.74. The predicted octanol–water partition coefficient (Wildman–Crippen LogP) is 1.31. The van der Waals surface area contributed by atoms with Gasteiger partial charge in [-0.3, -0.25) is 9.59 Å². The van der Waals surface area contributed by atoms with Gasteiger partial charge in [0.05, 0.1) is 10.6 Å². The van der Waals surface area contributed by atoms with Crippen molar-refractivity contribution >= 4 is 23.4 Å². The molecule has 2 rings (SSSR count). The Balaban J connectivity index is 1.92. The van der Waals surface area contributed by atoms with Crippen molar-refractivity contribution in [1.82, 2.24) is 15.6 Å². The lowest BCUT2D eigenvalue weighted by Gasteiger charge is -2.22. The van der Waals surface area contributed by atoms with Crippen molar-refractivity contribution in [3.05, 3.63) is 64.3 Å². The number of carbonyl (C=O) groups excluding carboxylic acids is 2. The molecule has 0 fully saturated rings. The van der Waals surface area contributed by atoms with Gasteiger partial charge in [0.25, 0.3) is 11.8 Å². The Labute approximate surface area is 144 Å². The molecule has 0 aliphatic heterocycles. The van der Waals surface area contributed by atoms with Gasteiger partial charge in [0.1, 0.15) is 5.69 Å². The van der Waals surface area contributed by atoms with E-state index in [9.17, 15) is 14.8 Å². The van der Waals surface area contributed by atoms with Crippen LogP contribution in [0.3, 0.4) is 0 Å². The van der Waals surface area contributed by atoms with Gasteiger partial charge in [-0.1, -0.05) is 11.6 Å². The van der Waals surface area contributed by atoms with Gasteiger partial charge in [-0.25, -0.2) is 4.98 Å². The van der Waals surface area contributed by atoms with Crippen molar-refractivity contribution in [3.8, 4) is 0 Å². The van der Waals surface area contributed by atoms with Crippen LogP contribution < -0.4 is 15.4 Å². The van der Waals surface area contributed by atoms with E-state index < -0.39 is 0 Å². The SMILES string of the molecule is CC(NC(=O)c1cc[n+]([O-])cc1)C(C)NC(=O)c1ccc(Cl)cn1. The number of pyridine rings is 2. The lowest BCUT2D eigenvalue weighted by molar-refractivity contribution is -0.605. The van der Waals surface area contributed by atoms with Crippen LogP contribution in [-0.4, -0.2) is 28.9 Å². The monoisotopic (exact) mass is 348 g/mol. The molecule has 2 heterocycles. The molecule has 0 saturated carbocycles. The zero-order valence-corrected chi connectivity index (χ0v) is 13.9. The lowest BCUT2D eigenvalue weighted by atomic mass is 10.1. The molecule has 2 unspecified atom stereocenters. The van der Waals surface area contributed by atoms with E-state index in [1.54, 1.807) is 19.9 Å². The van der Waals surface area contributed by atoms with Gasteiger partial charge in [-0.15, -0.1) is 0 Å². The van der Waals surface area contributed by atoms with Gasteiger partial charge in [-0.2, -0.15) is 4.73 Å². The normalized spacial score (nSPS) is 13.0. The van der Waals surface area contributed by atoms with E-state index >= 15 is 0 Å². The third-order valence-electron chi connectivity index (χ3n) is 3.49. The molecule has 0 aliphatic rings. The molecule has 24 heavy (non-hydrogen) atoms. The molecule has 2 atom stereocenters. The smallest absolute Gasteiger partial charge is 0.270 e. The fourth-order valence-electron chi connectivity index (χ4n) is 1.90. The van der Waals surface area contributed by atoms with Crippen LogP contribution in [0, 0.1) is 5.21 Å². The average Bonchev–Trinajstić information content (AvgIpc) is 2.55. The van der Waals surface area contributed by atoms with Crippen molar-refractivity contribution in [1.29, 1.82) is 0 Å². The molecule has 0 spiro atoms. The van der Waals surface area contributed by atoms with E-state index in [0.717, 1.165) is 0 Å². The molecule has 0 aromatic carbocycles. The number of halogens is 1. The minimum atomic E-state index is -0.354. The summed E-state index contributed by atoms with van der Waals surface area (Å²) in [5, 5.41) is 17.0. The second-order valence-electron chi connectivity index (χ2n) is 5.33. The highest BCUT2D eigenvalue weighted by atomic mass is 35.5. The minimum absolute atomic E-state index is 0.243. The maximum Gasteiger partial charge on any atom is 0.270 e. The number of carbonyl (C=O) groups is 2. The molecule has 2 amide bonds. The topological polar surface area (TPSA) is 98.0 Å². The summed E-state index contributed by atoms with van der Waals surface area (Å²) in [6.45, 7) is 3.55. The molecule has 2 aromatic heterocycles. The Morgan fingerprint density at radius 2 is 1.67 bits per heavy atom. The van der Waals surface area contributed by atoms with Crippen molar-refractivity contribution in [2.24, 2.45) is 0 Å². The summed E-state index contributed by atoms with van der Waals surface area (Å²) in [4.78, 5) is 28.1. The van der Waals surface area contributed by atoms with Crippen LogP contribution in [-0.2, 0) is 0 Å². The Bertz CT molecular complexity index is 656. The van der Waals surface area contributed by atoms with Crippen LogP contribution in [0.1, 0.15) is 34.7 Å². The Morgan fingerprint density at radius 1 is 1.08 bits per heavy atom. The maximum absolute atomic E-state index is 12.1. The number of nitrogens with one attached hydrogen (secondary N) is 2. The van der Waals surface area contributed by atoms with Gasteiger partial charge in [-0.05, 0) is 26.0 Å². The first-order chi connectivity index (χ1) is 11.4. The molecule has 7 nitrogen and oxygen atoms in total. The molecule has 126 valence electrons. The number of hydrogen-bond acceptors (Lipinski definition) is 4. The third-order valence-corrected chi connectivity index (χ3v) is 3.72. The number of aromatic nitrogens is 2. The van der Waals surface area contributed by atoms with E-state index in [1.165, 1.54) is 36.8 Å². The minimum Gasteiger partial charge on any atom is -0.619 e. The average molecular weight is 349 g/mol. The maximum atomic E-state index is 12.1. The quantitative estimate of drug-likeness (QED) is 0.628. The molecule has 0 aliphatic carbocycles. The van der Waals surface area contributed by atoms with Gasteiger partial charge < -0.3 is 15.8 Å². The fourth-order valence-corrected chi connectivity index (χ4v) is 2.01. The van der Waals surface area contributed by atoms with Gasteiger partial charge >= 0.3 is 0 Å². The largest absolute Gasteiger partial charge is 0.619 e.